The number of thioether (sulfide) groups is 1. The molecule has 6 nitrogen and oxygen atoms in total. The van der Waals surface area contributed by atoms with Gasteiger partial charge in [-0.1, -0.05) is 24.3 Å². The fourth-order valence-corrected chi connectivity index (χ4v) is 4.85. The van der Waals surface area contributed by atoms with E-state index in [0.717, 1.165) is 12.0 Å². The van der Waals surface area contributed by atoms with Crippen LogP contribution in [0, 0.1) is 5.82 Å². The lowest BCUT2D eigenvalue weighted by molar-refractivity contribution is -0.126. The molecule has 2 unspecified atom stereocenters. The predicted molar refractivity (Wildman–Crippen MR) is 115 cm³/mol. The summed E-state index contributed by atoms with van der Waals surface area (Å²) in [5.41, 5.74) is 2.11. The number of benzene rings is 2. The van der Waals surface area contributed by atoms with Gasteiger partial charge >= 0.3 is 0 Å². The van der Waals surface area contributed by atoms with Crippen molar-refractivity contribution in [3.05, 3.63) is 59.9 Å². The number of carbonyl (C=O) groups excluding carboxylic acids is 3. The van der Waals surface area contributed by atoms with E-state index in [1.54, 1.807) is 29.2 Å². The molecule has 0 radical (unpaired) electrons. The standard InChI is InChI=1S/C22H22FN3O3S/c23-15-9-7-14(8-10-15)12-19-22(29)25-17(13-30-19)21(28)24-16-4-1-2-5-18(16)26-11-3-6-20(26)27/h1-2,4-5,7-10,17,19H,3,6,11-13H2,(H,24,28)(H,25,29). The van der Waals surface area contributed by atoms with Crippen LogP contribution in [0.15, 0.2) is 48.5 Å². The maximum Gasteiger partial charge on any atom is 0.247 e. The molecule has 2 fully saturated rings. The molecule has 2 aliphatic heterocycles. The number of rotatable bonds is 5. The molecular weight excluding hydrogens is 405 g/mol. The fourth-order valence-electron chi connectivity index (χ4n) is 3.66. The first-order valence-corrected chi connectivity index (χ1v) is 10.9. The van der Waals surface area contributed by atoms with Gasteiger partial charge in [0, 0.05) is 18.7 Å². The third-order valence-corrected chi connectivity index (χ3v) is 6.56. The zero-order chi connectivity index (χ0) is 21.1. The molecule has 0 aliphatic carbocycles. The Bertz CT molecular complexity index is 966. The van der Waals surface area contributed by atoms with E-state index in [9.17, 15) is 18.8 Å². The summed E-state index contributed by atoms with van der Waals surface area (Å²) in [6, 6.07) is 12.6. The van der Waals surface area contributed by atoms with E-state index >= 15 is 0 Å². The second-order valence-electron chi connectivity index (χ2n) is 7.37. The highest BCUT2D eigenvalue weighted by molar-refractivity contribution is 8.00. The smallest absolute Gasteiger partial charge is 0.247 e. The highest BCUT2D eigenvalue weighted by Gasteiger charge is 2.33. The van der Waals surface area contributed by atoms with E-state index in [4.69, 9.17) is 0 Å². The van der Waals surface area contributed by atoms with Crippen molar-refractivity contribution in [2.24, 2.45) is 0 Å². The number of para-hydroxylation sites is 2. The molecule has 30 heavy (non-hydrogen) atoms. The van der Waals surface area contributed by atoms with Crippen LogP contribution < -0.4 is 15.5 Å². The maximum absolute atomic E-state index is 13.1. The first kappa shape index (κ1) is 20.4. The van der Waals surface area contributed by atoms with E-state index in [0.29, 0.717) is 36.5 Å². The molecule has 2 aromatic carbocycles. The Morgan fingerprint density at radius 3 is 2.63 bits per heavy atom. The second-order valence-corrected chi connectivity index (χ2v) is 8.60. The van der Waals surface area contributed by atoms with Crippen LogP contribution in [0.2, 0.25) is 0 Å². The largest absolute Gasteiger partial charge is 0.343 e. The summed E-state index contributed by atoms with van der Waals surface area (Å²) < 4.78 is 13.1. The number of halogens is 1. The van der Waals surface area contributed by atoms with Crippen LogP contribution in [-0.2, 0) is 20.8 Å². The zero-order valence-electron chi connectivity index (χ0n) is 16.3. The fraction of sp³-hybridized carbons (Fsp3) is 0.318. The minimum Gasteiger partial charge on any atom is -0.343 e. The van der Waals surface area contributed by atoms with Crippen LogP contribution in [0.25, 0.3) is 0 Å². The van der Waals surface area contributed by atoms with Gasteiger partial charge in [-0.05, 0) is 42.7 Å². The van der Waals surface area contributed by atoms with Gasteiger partial charge in [0.05, 0.1) is 16.6 Å². The molecule has 2 N–H and O–H groups in total. The molecule has 0 spiro atoms. The number of nitrogens with zero attached hydrogens (tertiary/aromatic N) is 1. The third-order valence-electron chi connectivity index (χ3n) is 5.25. The molecule has 0 aromatic heterocycles. The van der Waals surface area contributed by atoms with Crippen LogP contribution in [0.5, 0.6) is 0 Å². The molecule has 0 bridgehead atoms. The molecule has 2 atom stereocenters. The van der Waals surface area contributed by atoms with Gasteiger partial charge in [0.2, 0.25) is 17.7 Å². The average molecular weight is 428 g/mol. The second kappa shape index (κ2) is 8.87. The van der Waals surface area contributed by atoms with Gasteiger partial charge in [-0.2, -0.15) is 0 Å². The van der Waals surface area contributed by atoms with Crippen LogP contribution in [0.4, 0.5) is 15.8 Å². The Hall–Kier alpha value is -2.87. The third kappa shape index (κ3) is 4.48. The molecule has 3 amide bonds. The first-order chi connectivity index (χ1) is 14.5. The van der Waals surface area contributed by atoms with Crippen molar-refractivity contribution in [2.45, 2.75) is 30.6 Å². The van der Waals surface area contributed by atoms with E-state index in [1.807, 2.05) is 12.1 Å². The lowest BCUT2D eigenvalue weighted by Gasteiger charge is -2.28. The van der Waals surface area contributed by atoms with Gasteiger partial charge in [-0.3, -0.25) is 14.4 Å². The number of carbonyl (C=O) groups is 3. The van der Waals surface area contributed by atoms with Crippen LogP contribution in [0.3, 0.4) is 0 Å². The van der Waals surface area contributed by atoms with Crippen molar-refractivity contribution < 1.29 is 18.8 Å². The Morgan fingerprint density at radius 1 is 1.17 bits per heavy atom. The summed E-state index contributed by atoms with van der Waals surface area (Å²) in [5, 5.41) is 5.33. The van der Waals surface area contributed by atoms with Crippen molar-refractivity contribution in [2.75, 3.05) is 22.5 Å². The molecule has 2 heterocycles. The SMILES string of the molecule is O=C(Nc1ccccc1N1CCCC1=O)C1CSC(Cc2ccc(F)cc2)C(=O)N1. The number of amides is 3. The van der Waals surface area contributed by atoms with Crippen molar-refractivity contribution in [1.29, 1.82) is 0 Å². The normalized spacial score (nSPS) is 21.4. The van der Waals surface area contributed by atoms with Crippen molar-refractivity contribution in [3.8, 4) is 0 Å². The minimum atomic E-state index is -0.658. The number of hydrogen-bond donors (Lipinski definition) is 2. The summed E-state index contributed by atoms with van der Waals surface area (Å²) >= 11 is 1.42. The van der Waals surface area contributed by atoms with E-state index < -0.39 is 6.04 Å². The predicted octanol–water partition coefficient (Wildman–Crippen LogP) is 2.73. The summed E-state index contributed by atoms with van der Waals surface area (Å²) in [7, 11) is 0. The van der Waals surface area contributed by atoms with Gasteiger partial charge in [0.15, 0.2) is 0 Å². The van der Waals surface area contributed by atoms with Crippen molar-refractivity contribution in [1.82, 2.24) is 5.32 Å². The Kier molecular flexibility index (Phi) is 6.03. The molecule has 4 rings (SSSR count). The molecular formula is C22H22FN3O3S. The van der Waals surface area contributed by atoms with Crippen molar-refractivity contribution in [3.63, 3.8) is 0 Å². The maximum atomic E-state index is 13.1. The van der Waals surface area contributed by atoms with Crippen molar-refractivity contribution >= 4 is 40.9 Å². The quantitative estimate of drug-likeness (QED) is 0.769. The van der Waals surface area contributed by atoms with Crippen LogP contribution in [0.1, 0.15) is 18.4 Å². The minimum absolute atomic E-state index is 0.0434. The number of nitrogens with one attached hydrogen (secondary N) is 2. The van der Waals surface area contributed by atoms with E-state index in [1.165, 1.54) is 23.9 Å². The monoisotopic (exact) mass is 427 g/mol. The van der Waals surface area contributed by atoms with E-state index in [2.05, 4.69) is 10.6 Å². The summed E-state index contributed by atoms with van der Waals surface area (Å²) in [6.45, 7) is 0.632. The Labute approximate surface area is 178 Å². The lowest BCUT2D eigenvalue weighted by Crippen LogP contribution is -2.52. The Morgan fingerprint density at radius 2 is 1.93 bits per heavy atom. The highest BCUT2D eigenvalue weighted by Crippen LogP contribution is 2.30. The van der Waals surface area contributed by atoms with Gasteiger partial charge in [0.1, 0.15) is 11.9 Å². The average Bonchev–Trinajstić information content (AvgIpc) is 3.17. The highest BCUT2D eigenvalue weighted by atomic mass is 32.2. The Balaban J connectivity index is 1.38. The molecule has 8 heteroatoms. The molecule has 156 valence electrons. The topological polar surface area (TPSA) is 78.5 Å². The van der Waals surface area contributed by atoms with Gasteiger partial charge in [-0.15, -0.1) is 11.8 Å². The van der Waals surface area contributed by atoms with Gasteiger partial charge in [0.25, 0.3) is 0 Å². The van der Waals surface area contributed by atoms with Crippen LogP contribution >= 0.6 is 11.8 Å². The lowest BCUT2D eigenvalue weighted by atomic mass is 10.1. The van der Waals surface area contributed by atoms with Crippen LogP contribution in [-0.4, -0.2) is 41.3 Å². The number of hydrogen-bond acceptors (Lipinski definition) is 4. The summed E-state index contributed by atoms with van der Waals surface area (Å²) in [5.74, 6) is -0.350. The molecule has 2 saturated heterocycles. The summed E-state index contributed by atoms with van der Waals surface area (Å²) in [4.78, 5) is 39.1. The van der Waals surface area contributed by atoms with Gasteiger partial charge in [-0.25, -0.2) is 4.39 Å². The molecule has 0 saturated carbocycles. The van der Waals surface area contributed by atoms with E-state index in [-0.39, 0.29) is 28.8 Å². The summed E-state index contributed by atoms with van der Waals surface area (Å²) in [6.07, 6.45) is 1.78. The number of anilines is 2. The molecule has 2 aromatic rings. The van der Waals surface area contributed by atoms with Gasteiger partial charge < -0.3 is 15.5 Å². The zero-order valence-corrected chi connectivity index (χ0v) is 17.1. The molecule has 2 aliphatic rings. The first-order valence-electron chi connectivity index (χ1n) is 9.88.